The minimum atomic E-state index is -2.87. The van der Waals surface area contributed by atoms with Crippen molar-refractivity contribution in [2.24, 2.45) is 0 Å². The Morgan fingerprint density at radius 3 is 2.36 bits per heavy atom. The van der Waals surface area contributed by atoms with E-state index in [0.717, 1.165) is 11.3 Å². The van der Waals surface area contributed by atoms with E-state index in [1.165, 1.54) is 12.1 Å². The molecule has 1 N–H and O–H groups in total. The predicted octanol–water partition coefficient (Wildman–Crippen LogP) is 5.13. The molecule has 0 bridgehead atoms. The van der Waals surface area contributed by atoms with Crippen molar-refractivity contribution >= 4 is 5.91 Å². The van der Waals surface area contributed by atoms with Crippen molar-refractivity contribution in [3.8, 4) is 34.2 Å². The number of halogens is 2. The predicted molar refractivity (Wildman–Crippen MR) is 131 cm³/mol. The molecule has 36 heavy (non-hydrogen) atoms. The Hall–Kier alpha value is -4.40. The molecule has 0 spiro atoms. The number of amides is 1. The zero-order valence-corrected chi connectivity index (χ0v) is 19.8. The Balaban J connectivity index is 1.57. The highest BCUT2D eigenvalue weighted by molar-refractivity contribution is 6.00. The Morgan fingerprint density at radius 1 is 0.972 bits per heavy atom. The summed E-state index contributed by atoms with van der Waals surface area (Å²) < 4.78 is 41.5. The highest BCUT2D eigenvalue weighted by Gasteiger charge is 2.21. The fraction of sp³-hybridized carbons (Fsp3) is 0.185. The fourth-order valence-corrected chi connectivity index (χ4v) is 3.70. The van der Waals surface area contributed by atoms with Crippen molar-refractivity contribution in [3.63, 3.8) is 0 Å². The van der Waals surface area contributed by atoms with Crippen LogP contribution in [0.5, 0.6) is 17.2 Å². The molecule has 0 radical (unpaired) electrons. The zero-order valence-electron chi connectivity index (χ0n) is 19.8. The third-order valence-electron chi connectivity index (χ3n) is 5.49. The van der Waals surface area contributed by atoms with Crippen molar-refractivity contribution in [2.75, 3.05) is 20.8 Å². The molecule has 0 aliphatic carbocycles. The summed E-state index contributed by atoms with van der Waals surface area (Å²) in [5.74, 6) is 0.925. The van der Waals surface area contributed by atoms with Gasteiger partial charge in [-0.25, -0.2) is 4.68 Å². The lowest BCUT2D eigenvalue weighted by Crippen LogP contribution is -2.25. The van der Waals surface area contributed by atoms with Gasteiger partial charge in [0.1, 0.15) is 22.9 Å². The number of benzene rings is 3. The Kier molecular flexibility index (Phi) is 7.79. The molecule has 0 unspecified atom stereocenters. The number of carbonyl (C=O) groups is 1. The van der Waals surface area contributed by atoms with Crippen LogP contribution in [-0.4, -0.2) is 43.1 Å². The van der Waals surface area contributed by atoms with Gasteiger partial charge in [-0.1, -0.05) is 30.3 Å². The average Bonchev–Trinajstić information content (AvgIpc) is 3.35. The Labute approximate surface area is 207 Å². The van der Waals surface area contributed by atoms with Crippen molar-refractivity contribution in [1.29, 1.82) is 0 Å². The van der Waals surface area contributed by atoms with Crippen LogP contribution in [0.4, 0.5) is 8.78 Å². The normalized spacial score (nSPS) is 10.8. The van der Waals surface area contributed by atoms with Gasteiger partial charge in [-0.3, -0.25) is 4.79 Å². The number of alkyl halides is 2. The Bertz CT molecular complexity index is 1310. The molecule has 4 aromatic rings. The SMILES string of the molecule is COc1ccc(-c2nn(-c3ccccc3)cc2C(=O)NCCc2ccc(OC(F)F)cc2)c(OC)c1. The molecule has 3 aromatic carbocycles. The van der Waals surface area contributed by atoms with Crippen LogP contribution < -0.4 is 19.5 Å². The van der Waals surface area contributed by atoms with Crippen molar-refractivity contribution in [3.05, 3.63) is 90.1 Å². The van der Waals surface area contributed by atoms with Gasteiger partial charge in [-0.2, -0.15) is 13.9 Å². The summed E-state index contributed by atoms with van der Waals surface area (Å²) in [6, 6.07) is 21.1. The van der Waals surface area contributed by atoms with E-state index in [0.29, 0.717) is 41.3 Å². The van der Waals surface area contributed by atoms with E-state index < -0.39 is 6.61 Å². The second-order valence-electron chi connectivity index (χ2n) is 7.77. The lowest BCUT2D eigenvalue weighted by atomic mass is 10.1. The second kappa shape index (κ2) is 11.4. The van der Waals surface area contributed by atoms with Crippen LogP contribution in [0.25, 0.3) is 16.9 Å². The van der Waals surface area contributed by atoms with Gasteiger partial charge in [-0.05, 0) is 48.4 Å². The number of ether oxygens (including phenoxy) is 3. The van der Waals surface area contributed by atoms with Gasteiger partial charge in [0.25, 0.3) is 5.91 Å². The maximum absolute atomic E-state index is 13.2. The first-order valence-electron chi connectivity index (χ1n) is 11.2. The topological polar surface area (TPSA) is 74.6 Å². The van der Waals surface area contributed by atoms with Gasteiger partial charge in [0, 0.05) is 24.4 Å². The first-order chi connectivity index (χ1) is 17.5. The largest absolute Gasteiger partial charge is 0.497 e. The summed E-state index contributed by atoms with van der Waals surface area (Å²) in [7, 11) is 3.11. The number of carbonyl (C=O) groups excluding carboxylic acids is 1. The van der Waals surface area contributed by atoms with Gasteiger partial charge >= 0.3 is 6.61 Å². The van der Waals surface area contributed by atoms with Crippen LogP contribution in [-0.2, 0) is 6.42 Å². The minimum absolute atomic E-state index is 0.0872. The van der Waals surface area contributed by atoms with Gasteiger partial charge in [0.15, 0.2) is 0 Å². The molecular formula is C27H25F2N3O4. The van der Waals surface area contributed by atoms with Crippen LogP contribution in [0.2, 0.25) is 0 Å². The smallest absolute Gasteiger partial charge is 0.387 e. The van der Waals surface area contributed by atoms with Crippen LogP contribution in [0.1, 0.15) is 15.9 Å². The van der Waals surface area contributed by atoms with Crippen LogP contribution in [0, 0.1) is 0 Å². The zero-order chi connectivity index (χ0) is 25.5. The molecule has 7 nitrogen and oxygen atoms in total. The molecule has 4 rings (SSSR count). The van der Waals surface area contributed by atoms with E-state index in [1.54, 1.807) is 55.4 Å². The molecule has 0 saturated carbocycles. The fourth-order valence-electron chi connectivity index (χ4n) is 3.70. The maximum atomic E-state index is 13.2. The van der Waals surface area contributed by atoms with Gasteiger partial charge in [-0.15, -0.1) is 0 Å². The van der Waals surface area contributed by atoms with Crippen molar-refractivity contribution in [1.82, 2.24) is 15.1 Å². The molecule has 0 fully saturated rings. The van der Waals surface area contributed by atoms with E-state index in [4.69, 9.17) is 14.6 Å². The van der Waals surface area contributed by atoms with E-state index >= 15 is 0 Å². The van der Waals surface area contributed by atoms with Crippen LogP contribution in [0.15, 0.2) is 79.0 Å². The Morgan fingerprint density at radius 2 is 1.69 bits per heavy atom. The number of rotatable bonds is 10. The minimum Gasteiger partial charge on any atom is -0.497 e. The number of para-hydroxylation sites is 1. The van der Waals surface area contributed by atoms with E-state index in [1.807, 2.05) is 30.3 Å². The number of nitrogens with zero attached hydrogens (tertiary/aromatic N) is 2. The second-order valence-corrected chi connectivity index (χ2v) is 7.77. The molecule has 1 heterocycles. The molecular weight excluding hydrogens is 468 g/mol. The summed E-state index contributed by atoms with van der Waals surface area (Å²) in [4.78, 5) is 13.2. The molecule has 0 saturated heterocycles. The monoisotopic (exact) mass is 493 g/mol. The van der Waals surface area contributed by atoms with Crippen LogP contribution >= 0.6 is 0 Å². The molecule has 0 atom stereocenters. The molecule has 1 amide bonds. The third kappa shape index (κ3) is 5.80. The van der Waals surface area contributed by atoms with E-state index in [2.05, 4.69) is 10.1 Å². The lowest BCUT2D eigenvalue weighted by Gasteiger charge is -2.10. The average molecular weight is 494 g/mol. The third-order valence-corrected chi connectivity index (χ3v) is 5.49. The molecule has 1 aromatic heterocycles. The molecule has 186 valence electrons. The lowest BCUT2D eigenvalue weighted by molar-refractivity contribution is -0.0498. The first-order valence-corrected chi connectivity index (χ1v) is 11.2. The van der Waals surface area contributed by atoms with Gasteiger partial charge < -0.3 is 19.5 Å². The first kappa shape index (κ1) is 24.7. The highest BCUT2D eigenvalue weighted by Crippen LogP contribution is 2.34. The van der Waals surface area contributed by atoms with Gasteiger partial charge in [0.2, 0.25) is 0 Å². The molecule has 0 aliphatic heterocycles. The number of nitrogens with one attached hydrogen (secondary N) is 1. The summed E-state index contributed by atoms with van der Waals surface area (Å²) in [5.41, 5.74) is 3.16. The van der Waals surface area contributed by atoms with Crippen LogP contribution in [0.3, 0.4) is 0 Å². The van der Waals surface area contributed by atoms with Crippen molar-refractivity contribution < 1.29 is 27.8 Å². The molecule has 0 aliphatic rings. The summed E-state index contributed by atoms with van der Waals surface area (Å²) >= 11 is 0. The maximum Gasteiger partial charge on any atom is 0.387 e. The highest BCUT2D eigenvalue weighted by atomic mass is 19.3. The number of aromatic nitrogens is 2. The summed E-state index contributed by atoms with van der Waals surface area (Å²) in [6.45, 7) is -2.53. The van der Waals surface area contributed by atoms with Gasteiger partial charge in [0.05, 0.1) is 25.5 Å². The number of methoxy groups -OCH3 is 2. The molecule has 9 heteroatoms. The summed E-state index contributed by atoms with van der Waals surface area (Å²) in [6.07, 6.45) is 2.19. The van der Waals surface area contributed by atoms with Crippen molar-refractivity contribution in [2.45, 2.75) is 13.0 Å². The number of hydrogen-bond donors (Lipinski definition) is 1. The van der Waals surface area contributed by atoms with E-state index in [-0.39, 0.29) is 11.7 Å². The number of hydrogen-bond acceptors (Lipinski definition) is 5. The summed E-state index contributed by atoms with van der Waals surface area (Å²) in [5, 5.41) is 7.62. The van der Waals surface area contributed by atoms with E-state index in [9.17, 15) is 13.6 Å². The quantitative estimate of drug-likeness (QED) is 0.332. The standard InChI is InChI=1S/C27H25F2N3O4/c1-34-21-12-13-22(24(16-21)35-2)25-23(17-32(31-25)19-6-4-3-5-7-19)26(33)30-15-14-18-8-10-20(11-9-18)36-27(28)29/h3-13,16-17,27H,14-15H2,1-2H3,(H,30,33).